The van der Waals surface area contributed by atoms with Crippen molar-refractivity contribution < 1.29 is 22.3 Å². The van der Waals surface area contributed by atoms with Crippen molar-refractivity contribution in [2.45, 2.75) is 6.42 Å². The molecular formula is C17H16ClFN2O4S. The standard InChI is InChI=1S/C17H16ClFN2O4S/c1-25-16-9-11(18)3-5-13(16)17(22)20-12-4-6-14(19)15(10-12)21-7-2-8-26(21,23)24/h3-6,9-10H,2,7-8H2,1H3,(H,20,22). The smallest absolute Gasteiger partial charge is 0.259 e. The fourth-order valence-corrected chi connectivity index (χ4v) is 4.47. The van der Waals surface area contributed by atoms with Gasteiger partial charge >= 0.3 is 0 Å². The van der Waals surface area contributed by atoms with Gasteiger partial charge in [-0.25, -0.2) is 12.8 Å². The highest BCUT2D eigenvalue weighted by Gasteiger charge is 2.30. The van der Waals surface area contributed by atoms with Crippen LogP contribution in [0.25, 0.3) is 0 Å². The van der Waals surface area contributed by atoms with Crippen molar-refractivity contribution in [1.82, 2.24) is 0 Å². The van der Waals surface area contributed by atoms with Crippen molar-refractivity contribution in [3.8, 4) is 5.75 Å². The average Bonchev–Trinajstić information content (AvgIpc) is 2.95. The Kier molecular flexibility index (Phi) is 5.06. The lowest BCUT2D eigenvalue weighted by molar-refractivity contribution is 0.102. The van der Waals surface area contributed by atoms with Crippen LogP contribution in [-0.2, 0) is 10.0 Å². The Labute approximate surface area is 155 Å². The van der Waals surface area contributed by atoms with E-state index in [4.69, 9.17) is 16.3 Å². The van der Waals surface area contributed by atoms with Gasteiger partial charge < -0.3 is 10.1 Å². The van der Waals surface area contributed by atoms with Gasteiger partial charge in [-0.3, -0.25) is 9.10 Å². The van der Waals surface area contributed by atoms with Crippen LogP contribution in [0.5, 0.6) is 5.75 Å². The summed E-state index contributed by atoms with van der Waals surface area (Å²) in [5.41, 5.74) is 0.436. The van der Waals surface area contributed by atoms with Gasteiger partial charge in [-0.1, -0.05) is 11.6 Å². The number of nitrogens with zero attached hydrogens (tertiary/aromatic N) is 1. The number of hydrogen-bond donors (Lipinski definition) is 1. The third-order valence-electron chi connectivity index (χ3n) is 3.98. The molecule has 1 N–H and O–H groups in total. The Bertz CT molecular complexity index is 965. The van der Waals surface area contributed by atoms with E-state index < -0.39 is 21.7 Å². The van der Waals surface area contributed by atoms with E-state index in [2.05, 4.69) is 5.32 Å². The molecule has 1 amide bonds. The first-order valence-corrected chi connectivity index (χ1v) is 9.75. The van der Waals surface area contributed by atoms with Crippen LogP contribution in [0.4, 0.5) is 15.8 Å². The summed E-state index contributed by atoms with van der Waals surface area (Å²) in [7, 11) is -2.12. The number of methoxy groups -OCH3 is 1. The van der Waals surface area contributed by atoms with Crippen LogP contribution in [0.1, 0.15) is 16.8 Å². The molecule has 26 heavy (non-hydrogen) atoms. The van der Waals surface area contributed by atoms with Gasteiger partial charge in [0.1, 0.15) is 11.6 Å². The molecule has 1 aliphatic rings. The first-order valence-electron chi connectivity index (χ1n) is 7.76. The van der Waals surface area contributed by atoms with E-state index in [1.54, 1.807) is 6.07 Å². The summed E-state index contributed by atoms with van der Waals surface area (Å²) < 4.78 is 44.4. The minimum absolute atomic E-state index is 0.0228. The zero-order valence-electron chi connectivity index (χ0n) is 13.8. The molecule has 0 unspecified atom stereocenters. The number of sulfonamides is 1. The lowest BCUT2D eigenvalue weighted by atomic mass is 10.1. The number of hydrogen-bond acceptors (Lipinski definition) is 4. The van der Waals surface area contributed by atoms with E-state index in [0.29, 0.717) is 17.2 Å². The zero-order chi connectivity index (χ0) is 18.9. The van der Waals surface area contributed by atoms with Crippen LogP contribution < -0.4 is 14.4 Å². The van der Waals surface area contributed by atoms with Crippen molar-refractivity contribution >= 4 is 38.9 Å². The van der Waals surface area contributed by atoms with Crippen LogP contribution >= 0.6 is 11.6 Å². The number of ether oxygens (including phenoxy) is 1. The summed E-state index contributed by atoms with van der Waals surface area (Å²) in [6.07, 6.45) is 0.431. The molecule has 0 atom stereocenters. The number of amides is 1. The third kappa shape index (κ3) is 3.61. The maximum atomic E-state index is 14.1. The number of anilines is 2. The zero-order valence-corrected chi connectivity index (χ0v) is 15.4. The quantitative estimate of drug-likeness (QED) is 0.857. The van der Waals surface area contributed by atoms with Crippen molar-refractivity contribution in [2.75, 3.05) is 29.0 Å². The van der Waals surface area contributed by atoms with Gasteiger partial charge in [-0.2, -0.15) is 0 Å². The summed E-state index contributed by atoms with van der Waals surface area (Å²) in [6.45, 7) is 0.210. The fourth-order valence-electron chi connectivity index (χ4n) is 2.74. The van der Waals surface area contributed by atoms with Crippen LogP contribution in [-0.4, -0.2) is 33.7 Å². The number of halogens is 2. The van der Waals surface area contributed by atoms with Crippen molar-refractivity contribution in [1.29, 1.82) is 0 Å². The Morgan fingerprint density at radius 3 is 2.69 bits per heavy atom. The molecule has 9 heteroatoms. The molecule has 2 aromatic carbocycles. The second-order valence-electron chi connectivity index (χ2n) is 5.71. The Morgan fingerprint density at radius 1 is 1.27 bits per heavy atom. The highest BCUT2D eigenvalue weighted by atomic mass is 35.5. The van der Waals surface area contributed by atoms with Gasteiger partial charge in [-0.05, 0) is 42.8 Å². The molecule has 1 aliphatic heterocycles. The van der Waals surface area contributed by atoms with Crippen LogP contribution in [0.15, 0.2) is 36.4 Å². The van der Waals surface area contributed by atoms with E-state index in [0.717, 1.165) is 10.4 Å². The molecule has 0 radical (unpaired) electrons. The number of nitrogens with one attached hydrogen (secondary N) is 1. The van der Waals surface area contributed by atoms with Gasteiger partial charge in [0, 0.05) is 17.3 Å². The molecule has 0 spiro atoms. The molecule has 3 rings (SSSR count). The molecule has 1 fully saturated rings. The molecule has 138 valence electrons. The molecular weight excluding hydrogens is 383 g/mol. The molecule has 0 saturated carbocycles. The summed E-state index contributed by atoms with van der Waals surface area (Å²) in [5.74, 6) is -0.886. The normalized spacial score (nSPS) is 15.7. The van der Waals surface area contributed by atoms with E-state index in [1.165, 1.54) is 31.4 Å². The molecule has 1 heterocycles. The predicted molar refractivity (Wildman–Crippen MR) is 98.1 cm³/mol. The largest absolute Gasteiger partial charge is 0.496 e. The van der Waals surface area contributed by atoms with Crippen molar-refractivity contribution in [3.63, 3.8) is 0 Å². The number of rotatable bonds is 4. The van der Waals surface area contributed by atoms with E-state index in [1.807, 2.05) is 0 Å². The highest BCUT2D eigenvalue weighted by Crippen LogP contribution is 2.30. The van der Waals surface area contributed by atoms with E-state index in [-0.39, 0.29) is 29.2 Å². The third-order valence-corrected chi connectivity index (χ3v) is 6.07. The lowest BCUT2D eigenvalue weighted by Gasteiger charge is -2.18. The fraction of sp³-hybridized carbons (Fsp3) is 0.235. The molecule has 2 aromatic rings. The van der Waals surface area contributed by atoms with Gasteiger partial charge in [0.2, 0.25) is 10.0 Å². The Morgan fingerprint density at radius 2 is 2.04 bits per heavy atom. The summed E-state index contributed by atoms with van der Waals surface area (Å²) >= 11 is 5.88. The summed E-state index contributed by atoms with van der Waals surface area (Å²) in [6, 6.07) is 8.35. The molecule has 0 aromatic heterocycles. The topological polar surface area (TPSA) is 75.7 Å². The Hall–Kier alpha value is -2.32. The van der Waals surface area contributed by atoms with E-state index >= 15 is 0 Å². The average molecular weight is 399 g/mol. The second kappa shape index (κ2) is 7.13. The van der Waals surface area contributed by atoms with Gasteiger partial charge in [0.15, 0.2) is 0 Å². The minimum Gasteiger partial charge on any atom is -0.496 e. The number of carbonyl (C=O) groups is 1. The molecule has 1 saturated heterocycles. The lowest BCUT2D eigenvalue weighted by Crippen LogP contribution is -2.26. The SMILES string of the molecule is COc1cc(Cl)ccc1C(=O)Nc1ccc(F)c(N2CCCS2(=O)=O)c1. The molecule has 0 bridgehead atoms. The van der Waals surface area contributed by atoms with Crippen molar-refractivity contribution in [3.05, 3.63) is 52.8 Å². The Balaban J connectivity index is 1.89. The van der Waals surface area contributed by atoms with Gasteiger partial charge in [0.05, 0.1) is 24.1 Å². The van der Waals surface area contributed by atoms with Crippen LogP contribution in [0.3, 0.4) is 0 Å². The first-order chi connectivity index (χ1) is 12.3. The maximum absolute atomic E-state index is 14.1. The molecule has 0 aliphatic carbocycles. The number of benzene rings is 2. The van der Waals surface area contributed by atoms with Crippen LogP contribution in [0, 0.1) is 5.82 Å². The maximum Gasteiger partial charge on any atom is 0.259 e. The summed E-state index contributed by atoms with van der Waals surface area (Å²) in [5, 5.41) is 3.04. The first kappa shape index (κ1) is 18.5. The van der Waals surface area contributed by atoms with Gasteiger partial charge in [0.25, 0.3) is 5.91 Å². The monoisotopic (exact) mass is 398 g/mol. The van der Waals surface area contributed by atoms with E-state index in [9.17, 15) is 17.6 Å². The predicted octanol–water partition coefficient (Wildman–Crippen LogP) is 3.28. The van der Waals surface area contributed by atoms with Gasteiger partial charge in [-0.15, -0.1) is 0 Å². The summed E-state index contributed by atoms with van der Waals surface area (Å²) in [4.78, 5) is 12.5. The number of carbonyl (C=O) groups excluding carboxylic acids is 1. The highest BCUT2D eigenvalue weighted by molar-refractivity contribution is 7.93. The molecule has 6 nitrogen and oxygen atoms in total. The van der Waals surface area contributed by atoms with Crippen LogP contribution in [0.2, 0.25) is 5.02 Å². The van der Waals surface area contributed by atoms with Crippen molar-refractivity contribution in [2.24, 2.45) is 0 Å². The minimum atomic E-state index is -3.53. The second-order valence-corrected chi connectivity index (χ2v) is 8.16.